The lowest BCUT2D eigenvalue weighted by Gasteiger charge is -2.06. The van der Waals surface area contributed by atoms with E-state index in [2.05, 4.69) is 10.5 Å². The highest BCUT2D eigenvalue weighted by Gasteiger charge is 2.03. The molecule has 4 heteroatoms. The van der Waals surface area contributed by atoms with Crippen LogP contribution in [0.25, 0.3) is 0 Å². The number of benzene rings is 2. The van der Waals surface area contributed by atoms with Crippen molar-refractivity contribution < 1.29 is 0 Å². The molecule has 0 fully saturated rings. The third-order valence-corrected chi connectivity index (χ3v) is 3.51. The van der Waals surface area contributed by atoms with Crippen LogP contribution in [0.5, 0.6) is 0 Å². The molecule has 0 bridgehead atoms. The third kappa shape index (κ3) is 3.72. The molecule has 0 unspecified atom stereocenters. The van der Waals surface area contributed by atoms with Crippen molar-refractivity contribution in [2.75, 3.05) is 0 Å². The lowest BCUT2D eigenvalue weighted by Crippen LogP contribution is -2.06. The van der Waals surface area contributed by atoms with Crippen LogP contribution in [0, 0.1) is 6.92 Å². The van der Waals surface area contributed by atoms with E-state index >= 15 is 0 Å². The molecular weight excluding hydrogens is 279 g/mol. The van der Waals surface area contributed by atoms with Crippen molar-refractivity contribution in [1.82, 2.24) is 5.43 Å². The van der Waals surface area contributed by atoms with Crippen molar-refractivity contribution in [3.05, 3.63) is 69.2 Å². The molecule has 0 aliphatic heterocycles. The van der Waals surface area contributed by atoms with E-state index in [1.807, 2.05) is 49.4 Å². The molecule has 0 saturated carbocycles. The van der Waals surface area contributed by atoms with Crippen LogP contribution in [0.4, 0.5) is 0 Å². The predicted molar refractivity (Wildman–Crippen MR) is 82.1 cm³/mol. The Balaban J connectivity index is 1.99. The molecule has 0 saturated heterocycles. The second-order valence-corrected chi connectivity index (χ2v) is 4.96. The lowest BCUT2D eigenvalue weighted by molar-refractivity contribution is 0.748. The molecule has 0 radical (unpaired) electrons. The van der Waals surface area contributed by atoms with Gasteiger partial charge in [-0.2, -0.15) is 5.10 Å². The minimum atomic E-state index is 0.501. The summed E-state index contributed by atoms with van der Waals surface area (Å²) in [4.78, 5) is 0. The van der Waals surface area contributed by atoms with Gasteiger partial charge < -0.3 is 5.43 Å². The van der Waals surface area contributed by atoms with Crippen LogP contribution in [0.15, 0.2) is 47.6 Å². The number of nitrogens with zero attached hydrogens (tertiary/aromatic N) is 1. The molecule has 0 aliphatic rings. The van der Waals surface area contributed by atoms with Crippen LogP contribution in [-0.4, -0.2) is 6.21 Å². The Kier molecular flexibility index (Phi) is 4.83. The molecular formula is C15H14Cl2N2. The molecule has 2 aromatic carbocycles. The fourth-order valence-corrected chi connectivity index (χ4v) is 2.20. The van der Waals surface area contributed by atoms with Crippen LogP contribution in [0.2, 0.25) is 10.0 Å². The lowest BCUT2D eigenvalue weighted by atomic mass is 10.1. The maximum absolute atomic E-state index is 6.07. The van der Waals surface area contributed by atoms with E-state index < -0.39 is 0 Å². The van der Waals surface area contributed by atoms with Crippen molar-refractivity contribution in [1.29, 1.82) is 0 Å². The predicted octanol–water partition coefficient (Wildman–Crippen LogP) is 4.43. The van der Waals surface area contributed by atoms with E-state index in [-0.39, 0.29) is 0 Å². The average Bonchev–Trinajstić information content (AvgIpc) is 2.39. The van der Waals surface area contributed by atoms with Gasteiger partial charge in [0.05, 0.1) is 12.8 Å². The molecule has 0 heterocycles. The maximum Gasteiger partial charge on any atom is 0.0609 e. The fraction of sp³-hybridized carbons (Fsp3) is 0.133. The molecule has 98 valence electrons. The monoisotopic (exact) mass is 292 g/mol. The van der Waals surface area contributed by atoms with Gasteiger partial charge in [0.1, 0.15) is 0 Å². The Bertz CT molecular complexity index is 574. The SMILES string of the molecule is Cc1ccccc1/C=N\NCc1c(Cl)cccc1Cl. The number of aryl methyl sites for hydroxylation is 1. The topological polar surface area (TPSA) is 24.4 Å². The van der Waals surface area contributed by atoms with E-state index in [0.29, 0.717) is 16.6 Å². The summed E-state index contributed by atoms with van der Waals surface area (Å²) in [5.74, 6) is 0. The second kappa shape index (κ2) is 6.60. The van der Waals surface area contributed by atoms with E-state index in [1.165, 1.54) is 5.56 Å². The number of rotatable bonds is 4. The Morgan fingerprint density at radius 2 is 1.74 bits per heavy atom. The first-order valence-electron chi connectivity index (χ1n) is 5.93. The van der Waals surface area contributed by atoms with Crippen molar-refractivity contribution in [2.24, 2.45) is 5.10 Å². The number of hydrazone groups is 1. The minimum absolute atomic E-state index is 0.501. The highest BCUT2D eigenvalue weighted by molar-refractivity contribution is 6.35. The smallest absolute Gasteiger partial charge is 0.0609 e. The molecule has 1 N–H and O–H groups in total. The molecule has 0 aromatic heterocycles. The Labute approximate surface area is 123 Å². The van der Waals surface area contributed by atoms with E-state index in [0.717, 1.165) is 11.1 Å². The van der Waals surface area contributed by atoms with Gasteiger partial charge >= 0.3 is 0 Å². The standard InChI is InChI=1S/C15H14Cl2N2/c1-11-5-2-3-6-12(11)9-18-19-10-13-14(16)7-4-8-15(13)17/h2-9,19H,10H2,1H3/b18-9-. The van der Waals surface area contributed by atoms with Gasteiger partial charge in [0.15, 0.2) is 0 Å². The van der Waals surface area contributed by atoms with Crippen LogP contribution < -0.4 is 5.43 Å². The van der Waals surface area contributed by atoms with Gasteiger partial charge in [-0.05, 0) is 30.2 Å². The zero-order chi connectivity index (χ0) is 13.7. The Morgan fingerprint density at radius 1 is 1.05 bits per heavy atom. The van der Waals surface area contributed by atoms with Crippen LogP contribution in [0.3, 0.4) is 0 Å². The van der Waals surface area contributed by atoms with Gasteiger partial charge in [-0.15, -0.1) is 0 Å². The highest BCUT2D eigenvalue weighted by atomic mass is 35.5. The summed E-state index contributed by atoms with van der Waals surface area (Å²) < 4.78 is 0. The largest absolute Gasteiger partial charge is 0.306 e. The van der Waals surface area contributed by atoms with Crippen molar-refractivity contribution in [3.8, 4) is 0 Å². The van der Waals surface area contributed by atoms with Crippen molar-refractivity contribution >= 4 is 29.4 Å². The molecule has 0 spiro atoms. The number of hydrogen-bond donors (Lipinski definition) is 1. The summed E-state index contributed by atoms with van der Waals surface area (Å²) in [7, 11) is 0. The summed E-state index contributed by atoms with van der Waals surface area (Å²) in [6.45, 7) is 2.55. The van der Waals surface area contributed by atoms with Crippen LogP contribution in [0.1, 0.15) is 16.7 Å². The normalized spacial score (nSPS) is 10.9. The molecule has 0 atom stereocenters. The summed E-state index contributed by atoms with van der Waals surface area (Å²) in [6.07, 6.45) is 1.79. The minimum Gasteiger partial charge on any atom is -0.306 e. The first-order valence-corrected chi connectivity index (χ1v) is 6.68. The summed E-state index contributed by atoms with van der Waals surface area (Å²) >= 11 is 12.1. The van der Waals surface area contributed by atoms with Crippen molar-refractivity contribution in [3.63, 3.8) is 0 Å². The van der Waals surface area contributed by atoms with E-state index in [1.54, 1.807) is 6.21 Å². The van der Waals surface area contributed by atoms with E-state index in [4.69, 9.17) is 23.2 Å². The van der Waals surface area contributed by atoms with Gasteiger partial charge in [0.2, 0.25) is 0 Å². The van der Waals surface area contributed by atoms with Gasteiger partial charge in [-0.25, -0.2) is 0 Å². The molecule has 0 amide bonds. The zero-order valence-corrected chi connectivity index (χ0v) is 12.0. The third-order valence-electron chi connectivity index (χ3n) is 2.80. The molecule has 2 nitrogen and oxygen atoms in total. The quantitative estimate of drug-likeness (QED) is 0.654. The molecule has 2 aromatic rings. The van der Waals surface area contributed by atoms with Crippen molar-refractivity contribution in [2.45, 2.75) is 13.5 Å². The first-order chi connectivity index (χ1) is 9.18. The fourth-order valence-electron chi connectivity index (χ4n) is 1.67. The number of halogens is 2. The maximum atomic E-state index is 6.07. The first kappa shape index (κ1) is 13.9. The van der Waals surface area contributed by atoms with Gasteiger partial charge in [-0.1, -0.05) is 53.5 Å². The Hall–Kier alpha value is -1.51. The number of nitrogens with one attached hydrogen (secondary N) is 1. The molecule has 0 aliphatic carbocycles. The summed E-state index contributed by atoms with van der Waals surface area (Å²) in [6, 6.07) is 13.5. The number of hydrogen-bond acceptors (Lipinski definition) is 2. The van der Waals surface area contributed by atoms with Crippen LogP contribution in [-0.2, 0) is 6.54 Å². The Morgan fingerprint density at radius 3 is 2.42 bits per heavy atom. The van der Waals surface area contributed by atoms with Gasteiger partial charge in [0.25, 0.3) is 0 Å². The average molecular weight is 293 g/mol. The molecule has 2 rings (SSSR count). The second-order valence-electron chi connectivity index (χ2n) is 4.15. The van der Waals surface area contributed by atoms with Gasteiger partial charge in [0, 0.05) is 15.6 Å². The van der Waals surface area contributed by atoms with Gasteiger partial charge in [-0.3, -0.25) is 0 Å². The summed E-state index contributed by atoms with van der Waals surface area (Å²) in [5, 5.41) is 5.48. The van der Waals surface area contributed by atoms with Crippen LogP contribution >= 0.6 is 23.2 Å². The summed E-state index contributed by atoms with van der Waals surface area (Å²) in [5.41, 5.74) is 6.08. The highest BCUT2D eigenvalue weighted by Crippen LogP contribution is 2.23. The molecule has 19 heavy (non-hydrogen) atoms. The zero-order valence-electron chi connectivity index (χ0n) is 10.5. The van der Waals surface area contributed by atoms with E-state index in [9.17, 15) is 0 Å².